The van der Waals surface area contributed by atoms with Crippen molar-refractivity contribution in [1.82, 2.24) is 0 Å². The van der Waals surface area contributed by atoms with Crippen LogP contribution in [-0.4, -0.2) is 17.2 Å². The normalized spacial score (nSPS) is 14.4. The third kappa shape index (κ3) is 2.43. The molecule has 1 radical (unpaired) electrons. The van der Waals surface area contributed by atoms with Crippen molar-refractivity contribution >= 4 is 21.9 Å². The van der Waals surface area contributed by atoms with Crippen molar-refractivity contribution in [3.05, 3.63) is 39.9 Å². The summed E-state index contributed by atoms with van der Waals surface area (Å²) in [5, 5.41) is 28.5. The van der Waals surface area contributed by atoms with E-state index >= 15 is 0 Å². The predicted molar refractivity (Wildman–Crippen MR) is 80.8 cm³/mol. The number of aromatic hydroxyl groups is 1. The Bertz CT molecular complexity index is 794. The van der Waals surface area contributed by atoms with Crippen LogP contribution in [0.25, 0.3) is 5.57 Å². The minimum atomic E-state index is -0.0436. The van der Waals surface area contributed by atoms with Crippen molar-refractivity contribution in [2.24, 2.45) is 11.5 Å². The van der Waals surface area contributed by atoms with Gasteiger partial charge in [-0.15, -0.1) is 11.4 Å². The van der Waals surface area contributed by atoms with Gasteiger partial charge in [0.2, 0.25) is 0 Å². The van der Waals surface area contributed by atoms with Gasteiger partial charge in [0.05, 0.1) is 23.2 Å². The molecule has 1 heterocycles. The maximum absolute atomic E-state index is 9.64. The van der Waals surface area contributed by atoms with E-state index in [4.69, 9.17) is 16.2 Å². The summed E-state index contributed by atoms with van der Waals surface area (Å²) in [5.41, 5.74) is 12.9. The molecular formula is C14H11N4O2S. The fourth-order valence-electron chi connectivity index (χ4n) is 1.94. The van der Waals surface area contributed by atoms with Gasteiger partial charge in [0, 0.05) is 5.57 Å². The molecular weight excluding hydrogens is 288 g/mol. The molecule has 2 rings (SSSR count). The van der Waals surface area contributed by atoms with Gasteiger partial charge in [-0.05, 0) is 17.7 Å². The van der Waals surface area contributed by atoms with Crippen molar-refractivity contribution < 1.29 is 9.84 Å². The molecule has 7 heteroatoms. The largest absolute Gasteiger partial charge is 0.504 e. The Morgan fingerprint density at radius 2 is 1.86 bits per heavy atom. The smallest absolute Gasteiger partial charge is 0.161 e. The van der Waals surface area contributed by atoms with Crippen LogP contribution in [0.5, 0.6) is 11.5 Å². The van der Waals surface area contributed by atoms with Gasteiger partial charge < -0.3 is 15.6 Å². The number of rotatable bonds is 2. The van der Waals surface area contributed by atoms with E-state index in [0.717, 1.165) is 11.4 Å². The molecule has 105 valence electrons. The van der Waals surface area contributed by atoms with Crippen molar-refractivity contribution in [3.8, 4) is 23.6 Å². The topological polar surface area (TPSA) is 129 Å². The number of hydrogen-bond donors (Lipinski definition) is 3. The highest BCUT2D eigenvalue weighted by Crippen LogP contribution is 2.37. The lowest BCUT2D eigenvalue weighted by molar-refractivity contribution is 0.373. The number of nitriles is 2. The van der Waals surface area contributed by atoms with E-state index in [2.05, 4.69) is 0 Å². The minimum Gasteiger partial charge on any atom is -0.504 e. The number of nitrogens with zero attached hydrogens (tertiary/aromatic N) is 2. The standard InChI is InChI=1S/C14H11N4O2S/c1-20-11-4-7(2-3-10(11)19)12-8(5-15)13(17)21-14(18)9(12)6-16/h2-4,19H,17-18H2,1H3. The molecule has 0 saturated heterocycles. The van der Waals surface area contributed by atoms with Gasteiger partial charge in [-0.25, -0.2) is 0 Å². The molecule has 6 nitrogen and oxygen atoms in total. The Labute approximate surface area is 125 Å². The summed E-state index contributed by atoms with van der Waals surface area (Å²) in [6.45, 7) is 0. The quantitative estimate of drug-likeness (QED) is 0.704. The molecule has 0 atom stereocenters. The van der Waals surface area contributed by atoms with Gasteiger partial charge in [-0.3, -0.25) is 5.73 Å². The number of benzene rings is 1. The van der Waals surface area contributed by atoms with Crippen LogP contribution < -0.4 is 16.2 Å². The number of phenolic OH excluding ortho intramolecular Hbond substituents is 1. The molecule has 0 bridgehead atoms. The average Bonchev–Trinajstić information content (AvgIpc) is 2.47. The molecule has 0 aromatic heterocycles. The van der Waals surface area contributed by atoms with E-state index in [1.807, 2.05) is 12.1 Å². The van der Waals surface area contributed by atoms with E-state index in [9.17, 15) is 15.6 Å². The first-order valence-electron chi connectivity index (χ1n) is 5.76. The molecule has 1 aromatic carbocycles. The SMILES string of the molecule is COc1cc(C2=C(C#N)C(N)=[S]C(N)=C2C#N)ccc1O. The van der Waals surface area contributed by atoms with Gasteiger partial charge in [-0.1, -0.05) is 6.07 Å². The monoisotopic (exact) mass is 299 g/mol. The van der Waals surface area contributed by atoms with Crippen molar-refractivity contribution in [2.75, 3.05) is 7.11 Å². The lowest BCUT2D eigenvalue weighted by Crippen LogP contribution is -2.19. The Morgan fingerprint density at radius 3 is 2.43 bits per heavy atom. The van der Waals surface area contributed by atoms with Crippen LogP contribution in [0.3, 0.4) is 0 Å². The van der Waals surface area contributed by atoms with Gasteiger partial charge in [-0.2, -0.15) is 10.5 Å². The average molecular weight is 299 g/mol. The molecule has 1 aliphatic heterocycles. The number of nitrogens with two attached hydrogens (primary N) is 2. The molecule has 0 spiro atoms. The van der Waals surface area contributed by atoms with Crippen molar-refractivity contribution in [3.63, 3.8) is 0 Å². The molecule has 0 amide bonds. The molecule has 5 N–H and O–H groups in total. The van der Waals surface area contributed by atoms with Crippen LogP contribution in [0.4, 0.5) is 0 Å². The Hall–Kier alpha value is -2.87. The first kappa shape index (κ1) is 14.5. The molecule has 21 heavy (non-hydrogen) atoms. The maximum Gasteiger partial charge on any atom is 0.161 e. The minimum absolute atomic E-state index is 0.0436. The van der Waals surface area contributed by atoms with Crippen LogP contribution in [0, 0.1) is 22.7 Å². The second kappa shape index (κ2) is 5.63. The zero-order valence-corrected chi connectivity index (χ0v) is 11.9. The van der Waals surface area contributed by atoms with Gasteiger partial charge in [0.1, 0.15) is 17.2 Å². The van der Waals surface area contributed by atoms with Crippen LogP contribution in [0.15, 0.2) is 34.4 Å². The van der Waals surface area contributed by atoms with Crippen LogP contribution in [-0.2, 0) is 0 Å². The number of allylic oxidation sites excluding steroid dienone is 2. The number of phenols is 1. The summed E-state index contributed by atoms with van der Waals surface area (Å²) in [6.07, 6.45) is 0. The van der Waals surface area contributed by atoms with E-state index in [0.29, 0.717) is 11.1 Å². The fourth-order valence-corrected chi connectivity index (χ4v) is 2.67. The summed E-state index contributed by atoms with van der Waals surface area (Å²) in [7, 11) is 1.41. The summed E-state index contributed by atoms with van der Waals surface area (Å²) in [6, 6.07) is 8.49. The zero-order valence-electron chi connectivity index (χ0n) is 11.0. The number of methoxy groups -OCH3 is 1. The maximum atomic E-state index is 9.64. The first-order valence-corrected chi connectivity index (χ1v) is 6.57. The highest BCUT2D eigenvalue weighted by atomic mass is 32.1. The van der Waals surface area contributed by atoms with Crippen molar-refractivity contribution in [1.29, 1.82) is 10.5 Å². The fraction of sp³-hybridized carbons (Fsp3) is 0.0714. The van der Waals surface area contributed by atoms with E-state index in [-0.39, 0.29) is 32.7 Å². The summed E-state index contributed by atoms with van der Waals surface area (Å²) in [4.78, 5) is 0.232. The third-order valence-corrected chi connectivity index (χ3v) is 3.75. The second-order valence-corrected chi connectivity index (χ2v) is 5.15. The third-order valence-electron chi connectivity index (χ3n) is 2.90. The second-order valence-electron chi connectivity index (χ2n) is 4.07. The van der Waals surface area contributed by atoms with Crippen molar-refractivity contribution in [2.45, 2.75) is 0 Å². The highest BCUT2D eigenvalue weighted by Gasteiger charge is 2.24. The molecule has 1 aliphatic rings. The lowest BCUT2D eigenvalue weighted by atomic mass is 9.93. The number of ether oxygens (including phenoxy) is 1. The van der Waals surface area contributed by atoms with Crippen LogP contribution in [0.2, 0.25) is 0 Å². The van der Waals surface area contributed by atoms with Gasteiger partial charge >= 0.3 is 0 Å². The highest BCUT2D eigenvalue weighted by molar-refractivity contribution is 8.02. The van der Waals surface area contributed by atoms with Gasteiger partial charge in [0.25, 0.3) is 0 Å². The predicted octanol–water partition coefficient (Wildman–Crippen LogP) is 1.21. The molecule has 0 aliphatic carbocycles. The lowest BCUT2D eigenvalue weighted by Gasteiger charge is -2.16. The van der Waals surface area contributed by atoms with E-state index < -0.39 is 0 Å². The summed E-state index contributed by atoms with van der Waals surface area (Å²) in [5.74, 6) is 0.183. The molecule has 1 aromatic rings. The summed E-state index contributed by atoms with van der Waals surface area (Å²) < 4.78 is 5.04. The number of hydrogen-bond acceptors (Lipinski definition) is 6. The first-order chi connectivity index (χ1) is 10.0. The Kier molecular flexibility index (Phi) is 3.90. The van der Waals surface area contributed by atoms with Crippen LogP contribution >= 0.6 is 11.4 Å². The molecule has 0 saturated carbocycles. The van der Waals surface area contributed by atoms with Gasteiger partial charge in [0.15, 0.2) is 11.5 Å². The summed E-state index contributed by atoms with van der Waals surface area (Å²) >= 11 is 0.986. The van der Waals surface area contributed by atoms with Crippen LogP contribution in [0.1, 0.15) is 5.56 Å². The zero-order chi connectivity index (χ0) is 15.6. The molecule has 0 unspecified atom stereocenters. The van der Waals surface area contributed by atoms with E-state index in [1.165, 1.54) is 19.2 Å². The Morgan fingerprint density at radius 1 is 1.19 bits per heavy atom. The van der Waals surface area contributed by atoms with E-state index in [1.54, 1.807) is 6.07 Å². The molecule has 0 fully saturated rings. The Balaban J connectivity index is 2.78.